The molecule has 0 saturated heterocycles. The van der Waals surface area contributed by atoms with Crippen molar-refractivity contribution in [3.63, 3.8) is 0 Å². The van der Waals surface area contributed by atoms with Gasteiger partial charge in [-0.3, -0.25) is 4.79 Å². The standard InChI is InChI=1S/C13H15BrO4/c1-3-18-13(16)10-5-4-9(11(14)8-10)6-7-12(15)17-2/h4-5,8H,3,6-7H2,1-2H3. The molecule has 0 fully saturated rings. The third kappa shape index (κ3) is 4.14. The molecule has 4 nitrogen and oxygen atoms in total. The minimum atomic E-state index is -0.349. The molecule has 0 aliphatic heterocycles. The van der Waals surface area contributed by atoms with Gasteiger partial charge in [0.25, 0.3) is 0 Å². The van der Waals surface area contributed by atoms with Gasteiger partial charge in [0.2, 0.25) is 0 Å². The quantitative estimate of drug-likeness (QED) is 0.784. The number of methoxy groups -OCH3 is 1. The van der Waals surface area contributed by atoms with Gasteiger partial charge in [-0.2, -0.15) is 0 Å². The van der Waals surface area contributed by atoms with Crippen molar-refractivity contribution in [3.8, 4) is 0 Å². The molecule has 1 aromatic carbocycles. The van der Waals surface area contributed by atoms with Crippen molar-refractivity contribution in [1.29, 1.82) is 0 Å². The second kappa shape index (κ2) is 7.16. The molecule has 0 amide bonds. The van der Waals surface area contributed by atoms with E-state index in [1.165, 1.54) is 7.11 Å². The van der Waals surface area contributed by atoms with E-state index < -0.39 is 0 Å². The largest absolute Gasteiger partial charge is 0.469 e. The lowest BCUT2D eigenvalue weighted by Gasteiger charge is -2.06. The van der Waals surface area contributed by atoms with Crippen LogP contribution in [-0.4, -0.2) is 25.7 Å². The molecule has 98 valence electrons. The normalized spacial score (nSPS) is 9.94. The molecular weight excluding hydrogens is 300 g/mol. The van der Waals surface area contributed by atoms with Crippen LogP contribution >= 0.6 is 15.9 Å². The summed E-state index contributed by atoms with van der Waals surface area (Å²) >= 11 is 3.38. The van der Waals surface area contributed by atoms with Crippen molar-refractivity contribution in [2.45, 2.75) is 19.8 Å². The first-order valence-corrected chi connectivity index (χ1v) is 6.40. The first kappa shape index (κ1) is 14.7. The molecule has 0 bridgehead atoms. The zero-order valence-electron chi connectivity index (χ0n) is 10.4. The van der Waals surface area contributed by atoms with Crippen LogP contribution in [0.3, 0.4) is 0 Å². The van der Waals surface area contributed by atoms with Crippen LogP contribution in [0.4, 0.5) is 0 Å². The number of hydrogen-bond acceptors (Lipinski definition) is 4. The van der Waals surface area contributed by atoms with Gasteiger partial charge in [-0.05, 0) is 31.0 Å². The molecule has 0 heterocycles. The molecule has 1 rings (SSSR count). The zero-order chi connectivity index (χ0) is 13.5. The van der Waals surface area contributed by atoms with Gasteiger partial charge in [-0.15, -0.1) is 0 Å². The number of ether oxygens (including phenoxy) is 2. The van der Waals surface area contributed by atoms with Crippen LogP contribution in [0.5, 0.6) is 0 Å². The van der Waals surface area contributed by atoms with E-state index >= 15 is 0 Å². The predicted molar refractivity (Wildman–Crippen MR) is 70.4 cm³/mol. The third-order valence-electron chi connectivity index (χ3n) is 2.39. The van der Waals surface area contributed by atoms with Crippen molar-refractivity contribution < 1.29 is 19.1 Å². The smallest absolute Gasteiger partial charge is 0.338 e. The van der Waals surface area contributed by atoms with E-state index in [0.29, 0.717) is 25.0 Å². The molecule has 0 aliphatic carbocycles. The minimum Gasteiger partial charge on any atom is -0.469 e. The fraction of sp³-hybridized carbons (Fsp3) is 0.385. The highest BCUT2D eigenvalue weighted by molar-refractivity contribution is 9.10. The van der Waals surface area contributed by atoms with Crippen LogP contribution < -0.4 is 0 Å². The summed E-state index contributed by atoms with van der Waals surface area (Å²) < 4.78 is 10.3. The van der Waals surface area contributed by atoms with E-state index in [-0.39, 0.29) is 11.9 Å². The highest BCUT2D eigenvalue weighted by Gasteiger charge is 2.10. The summed E-state index contributed by atoms with van der Waals surface area (Å²) in [4.78, 5) is 22.5. The molecule has 0 aliphatic rings. The highest BCUT2D eigenvalue weighted by Crippen LogP contribution is 2.20. The summed E-state index contributed by atoms with van der Waals surface area (Å²) in [6.45, 7) is 2.11. The van der Waals surface area contributed by atoms with Crippen molar-refractivity contribution >= 4 is 27.9 Å². The molecule has 0 atom stereocenters. The molecule has 0 N–H and O–H groups in total. The van der Waals surface area contributed by atoms with Gasteiger partial charge in [0.05, 0.1) is 19.3 Å². The number of esters is 2. The first-order chi connectivity index (χ1) is 8.58. The summed E-state index contributed by atoms with van der Waals surface area (Å²) in [7, 11) is 1.36. The number of rotatable bonds is 5. The van der Waals surface area contributed by atoms with Crippen molar-refractivity contribution in [2.75, 3.05) is 13.7 Å². The monoisotopic (exact) mass is 314 g/mol. The summed E-state index contributed by atoms with van der Waals surface area (Å²) in [5, 5.41) is 0. The second-order valence-electron chi connectivity index (χ2n) is 3.60. The van der Waals surface area contributed by atoms with Gasteiger partial charge >= 0.3 is 11.9 Å². The van der Waals surface area contributed by atoms with E-state index in [0.717, 1.165) is 10.0 Å². The Balaban J connectivity index is 2.73. The number of carbonyl (C=O) groups is 2. The Morgan fingerprint density at radius 1 is 1.33 bits per heavy atom. The SMILES string of the molecule is CCOC(=O)c1ccc(CCC(=O)OC)c(Br)c1. The maximum Gasteiger partial charge on any atom is 0.338 e. The average Bonchev–Trinajstić information content (AvgIpc) is 2.37. The number of benzene rings is 1. The van der Waals surface area contributed by atoms with E-state index in [2.05, 4.69) is 20.7 Å². The van der Waals surface area contributed by atoms with Gasteiger partial charge in [-0.1, -0.05) is 22.0 Å². The average molecular weight is 315 g/mol. The van der Waals surface area contributed by atoms with Crippen LogP contribution in [-0.2, 0) is 20.7 Å². The maximum absolute atomic E-state index is 11.5. The van der Waals surface area contributed by atoms with E-state index in [1.807, 2.05) is 0 Å². The Bertz CT molecular complexity index is 443. The molecular formula is C13H15BrO4. The Morgan fingerprint density at radius 3 is 2.61 bits per heavy atom. The lowest BCUT2D eigenvalue weighted by atomic mass is 10.1. The summed E-state index contributed by atoms with van der Waals surface area (Å²) in [5.74, 6) is -0.603. The number of hydrogen-bond donors (Lipinski definition) is 0. The van der Waals surface area contributed by atoms with Crippen LogP contribution in [0.1, 0.15) is 29.3 Å². The van der Waals surface area contributed by atoms with Crippen LogP contribution in [0.25, 0.3) is 0 Å². The fourth-order valence-corrected chi connectivity index (χ4v) is 2.01. The second-order valence-corrected chi connectivity index (χ2v) is 4.46. The number of halogens is 1. The Hall–Kier alpha value is -1.36. The predicted octanol–water partition coefficient (Wildman–Crippen LogP) is 2.73. The van der Waals surface area contributed by atoms with Gasteiger partial charge in [-0.25, -0.2) is 4.79 Å². The van der Waals surface area contributed by atoms with Crippen LogP contribution in [0.15, 0.2) is 22.7 Å². The first-order valence-electron chi connectivity index (χ1n) is 5.60. The van der Waals surface area contributed by atoms with Crippen molar-refractivity contribution in [1.82, 2.24) is 0 Å². The number of carbonyl (C=O) groups excluding carboxylic acids is 2. The molecule has 0 aromatic heterocycles. The van der Waals surface area contributed by atoms with Crippen molar-refractivity contribution in [2.24, 2.45) is 0 Å². The maximum atomic E-state index is 11.5. The van der Waals surface area contributed by atoms with Crippen molar-refractivity contribution in [3.05, 3.63) is 33.8 Å². The Labute approximate surface area is 114 Å². The third-order valence-corrected chi connectivity index (χ3v) is 3.13. The fourth-order valence-electron chi connectivity index (χ4n) is 1.43. The van der Waals surface area contributed by atoms with E-state index in [4.69, 9.17) is 4.74 Å². The van der Waals surface area contributed by atoms with E-state index in [9.17, 15) is 9.59 Å². The number of aryl methyl sites for hydroxylation is 1. The lowest BCUT2D eigenvalue weighted by molar-refractivity contribution is -0.140. The Morgan fingerprint density at radius 2 is 2.06 bits per heavy atom. The molecule has 1 aromatic rings. The summed E-state index contributed by atoms with van der Waals surface area (Å²) in [5.41, 5.74) is 1.44. The van der Waals surface area contributed by atoms with E-state index in [1.54, 1.807) is 25.1 Å². The molecule has 18 heavy (non-hydrogen) atoms. The lowest BCUT2D eigenvalue weighted by Crippen LogP contribution is -2.06. The highest BCUT2D eigenvalue weighted by atomic mass is 79.9. The molecule has 0 unspecified atom stereocenters. The molecule has 5 heteroatoms. The van der Waals surface area contributed by atoms with Gasteiger partial charge in [0.15, 0.2) is 0 Å². The Kier molecular flexibility index (Phi) is 5.85. The van der Waals surface area contributed by atoms with Crippen LogP contribution in [0.2, 0.25) is 0 Å². The minimum absolute atomic E-state index is 0.253. The topological polar surface area (TPSA) is 52.6 Å². The zero-order valence-corrected chi connectivity index (χ0v) is 12.0. The summed E-state index contributed by atoms with van der Waals surface area (Å²) in [6, 6.07) is 5.19. The van der Waals surface area contributed by atoms with Gasteiger partial charge in [0.1, 0.15) is 0 Å². The van der Waals surface area contributed by atoms with Crippen LogP contribution in [0, 0.1) is 0 Å². The van der Waals surface area contributed by atoms with Gasteiger partial charge < -0.3 is 9.47 Å². The summed E-state index contributed by atoms with van der Waals surface area (Å²) in [6.07, 6.45) is 0.879. The molecule has 0 spiro atoms. The molecule has 0 saturated carbocycles. The van der Waals surface area contributed by atoms with Gasteiger partial charge in [0, 0.05) is 10.9 Å². The molecule has 0 radical (unpaired) electrons.